The lowest BCUT2D eigenvalue weighted by Gasteiger charge is -2.26. The van der Waals surface area contributed by atoms with Gasteiger partial charge in [-0.2, -0.15) is 0 Å². The number of nitrogens with one attached hydrogen (secondary N) is 2. The molecule has 1 rings (SSSR count). The molecule has 0 aromatic rings. The van der Waals surface area contributed by atoms with Crippen molar-refractivity contribution >= 4 is 11.9 Å². The van der Waals surface area contributed by atoms with Gasteiger partial charge >= 0.3 is 5.97 Å². The van der Waals surface area contributed by atoms with E-state index in [1.165, 1.54) is 6.92 Å². The van der Waals surface area contributed by atoms with Crippen LogP contribution < -0.4 is 10.6 Å². The summed E-state index contributed by atoms with van der Waals surface area (Å²) in [7, 11) is 0. The van der Waals surface area contributed by atoms with Gasteiger partial charge in [0.15, 0.2) is 0 Å². The fraction of sp³-hybridized carbons (Fsp3) is 0.800. The van der Waals surface area contributed by atoms with E-state index in [2.05, 4.69) is 10.6 Å². The first-order valence-corrected chi connectivity index (χ1v) is 5.26. The van der Waals surface area contributed by atoms with Crippen LogP contribution in [0.3, 0.4) is 0 Å². The molecule has 1 fully saturated rings. The lowest BCUT2D eigenvalue weighted by Crippen LogP contribution is -2.48. The Hall–Kier alpha value is -1.10. The minimum absolute atomic E-state index is 0.148. The highest BCUT2D eigenvalue weighted by atomic mass is 16.4. The van der Waals surface area contributed by atoms with Crippen molar-refractivity contribution in [1.82, 2.24) is 10.6 Å². The van der Waals surface area contributed by atoms with Gasteiger partial charge in [-0.3, -0.25) is 9.59 Å². The smallest absolute Gasteiger partial charge is 0.325 e. The number of aliphatic carboxylic acids is 1. The Labute approximate surface area is 89.2 Å². The number of hydrogen-bond acceptors (Lipinski definition) is 3. The van der Waals surface area contributed by atoms with E-state index in [0.717, 1.165) is 19.4 Å². The molecule has 0 bridgehead atoms. The molecular weight excluding hydrogens is 196 g/mol. The van der Waals surface area contributed by atoms with Gasteiger partial charge < -0.3 is 15.7 Å². The Morgan fingerprint density at radius 1 is 1.60 bits per heavy atom. The number of carbonyl (C=O) groups excluding carboxylic acids is 1. The zero-order valence-corrected chi connectivity index (χ0v) is 9.17. The van der Waals surface area contributed by atoms with Crippen LogP contribution in [0.1, 0.15) is 26.7 Å². The highest BCUT2D eigenvalue weighted by Crippen LogP contribution is 2.29. The topological polar surface area (TPSA) is 78.4 Å². The van der Waals surface area contributed by atoms with Gasteiger partial charge in [-0.1, -0.05) is 6.92 Å². The Morgan fingerprint density at radius 2 is 2.27 bits per heavy atom. The second-order valence-electron chi connectivity index (χ2n) is 4.09. The quantitative estimate of drug-likeness (QED) is 0.614. The molecule has 1 amide bonds. The van der Waals surface area contributed by atoms with E-state index < -0.39 is 17.4 Å². The third kappa shape index (κ3) is 2.47. The fourth-order valence-corrected chi connectivity index (χ4v) is 1.81. The summed E-state index contributed by atoms with van der Waals surface area (Å²) in [6, 6.07) is -0.818. The molecule has 2 unspecified atom stereocenters. The molecule has 0 aromatic carbocycles. The predicted molar refractivity (Wildman–Crippen MR) is 55.5 cm³/mol. The van der Waals surface area contributed by atoms with Crippen LogP contribution in [0.4, 0.5) is 0 Å². The molecule has 0 aromatic heterocycles. The van der Waals surface area contributed by atoms with E-state index in [1.54, 1.807) is 0 Å². The van der Waals surface area contributed by atoms with E-state index in [1.807, 2.05) is 6.92 Å². The van der Waals surface area contributed by atoms with Gasteiger partial charge in [0.25, 0.3) is 0 Å². The zero-order chi connectivity index (χ0) is 11.5. The Morgan fingerprint density at radius 3 is 2.67 bits per heavy atom. The summed E-state index contributed by atoms with van der Waals surface area (Å²) in [5.74, 6) is -1.15. The van der Waals surface area contributed by atoms with Crippen LogP contribution in [0, 0.1) is 5.41 Å². The van der Waals surface area contributed by atoms with E-state index in [-0.39, 0.29) is 5.91 Å². The lowest BCUT2D eigenvalue weighted by molar-refractivity contribution is -0.143. The van der Waals surface area contributed by atoms with Crippen LogP contribution in [-0.2, 0) is 9.59 Å². The number of rotatable bonds is 4. The molecule has 1 heterocycles. The van der Waals surface area contributed by atoms with Crippen LogP contribution in [0.2, 0.25) is 0 Å². The fourth-order valence-electron chi connectivity index (χ4n) is 1.81. The highest BCUT2D eigenvalue weighted by Gasteiger charge is 2.40. The van der Waals surface area contributed by atoms with Crippen molar-refractivity contribution in [3.05, 3.63) is 0 Å². The van der Waals surface area contributed by atoms with Crippen LogP contribution in [0.25, 0.3) is 0 Å². The first kappa shape index (κ1) is 12.0. The van der Waals surface area contributed by atoms with Crippen LogP contribution in [-0.4, -0.2) is 36.1 Å². The standard InChI is InChI=1S/C10H18N2O3/c1-3-10(4-5-11-6-10)9(15)12-7(2)8(13)14/h7,11H,3-6H2,1-2H3,(H,12,15)(H,13,14). The first-order valence-electron chi connectivity index (χ1n) is 5.26. The minimum Gasteiger partial charge on any atom is -0.480 e. The second-order valence-corrected chi connectivity index (χ2v) is 4.09. The first-order chi connectivity index (χ1) is 7.02. The van der Waals surface area contributed by atoms with Crippen molar-refractivity contribution in [2.75, 3.05) is 13.1 Å². The predicted octanol–water partition coefficient (Wildman–Crippen LogP) is -0.0346. The molecule has 3 N–H and O–H groups in total. The van der Waals surface area contributed by atoms with E-state index in [4.69, 9.17) is 5.11 Å². The molecule has 0 saturated carbocycles. The van der Waals surface area contributed by atoms with Crippen molar-refractivity contribution in [1.29, 1.82) is 0 Å². The molecule has 0 radical (unpaired) electrons. The summed E-state index contributed by atoms with van der Waals surface area (Å²) in [5, 5.41) is 14.4. The molecule has 86 valence electrons. The number of carbonyl (C=O) groups is 2. The van der Waals surface area contributed by atoms with Gasteiger partial charge in [0, 0.05) is 6.54 Å². The maximum Gasteiger partial charge on any atom is 0.325 e. The van der Waals surface area contributed by atoms with Gasteiger partial charge in [0.05, 0.1) is 5.41 Å². The summed E-state index contributed by atoms with van der Waals surface area (Å²) in [5.41, 5.74) is -0.413. The Bertz CT molecular complexity index is 259. The summed E-state index contributed by atoms with van der Waals surface area (Å²) in [6.07, 6.45) is 1.51. The lowest BCUT2D eigenvalue weighted by atomic mass is 9.83. The molecule has 1 aliphatic heterocycles. The Kier molecular flexibility index (Phi) is 3.68. The van der Waals surface area contributed by atoms with Gasteiger partial charge in [-0.25, -0.2) is 0 Å². The normalized spacial score (nSPS) is 27.3. The number of carboxylic acid groups (broad SMARTS) is 1. The van der Waals surface area contributed by atoms with E-state index in [9.17, 15) is 9.59 Å². The van der Waals surface area contributed by atoms with Gasteiger partial charge in [0.1, 0.15) is 6.04 Å². The highest BCUT2D eigenvalue weighted by molar-refractivity contribution is 5.87. The summed E-state index contributed by atoms with van der Waals surface area (Å²) in [6.45, 7) is 4.90. The van der Waals surface area contributed by atoms with Crippen molar-refractivity contribution in [2.24, 2.45) is 5.41 Å². The van der Waals surface area contributed by atoms with Gasteiger partial charge in [0.2, 0.25) is 5.91 Å². The maximum absolute atomic E-state index is 11.9. The largest absolute Gasteiger partial charge is 0.480 e. The molecular formula is C10H18N2O3. The SMILES string of the molecule is CCC1(C(=O)NC(C)C(=O)O)CCNC1. The minimum atomic E-state index is -0.999. The van der Waals surface area contributed by atoms with Crippen molar-refractivity contribution in [3.8, 4) is 0 Å². The number of hydrogen-bond donors (Lipinski definition) is 3. The van der Waals surface area contributed by atoms with Crippen molar-refractivity contribution < 1.29 is 14.7 Å². The summed E-state index contributed by atoms with van der Waals surface area (Å²) < 4.78 is 0. The van der Waals surface area contributed by atoms with Crippen molar-refractivity contribution in [2.45, 2.75) is 32.7 Å². The average molecular weight is 214 g/mol. The molecule has 5 nitrogen and oxygen atoms in total. The average Bonchev–Trinajstić information content (AvgIpc) is 2.66. The number of carboxylic acids is 1. The van der Waals surface area contributed by atoms with Crippen LogP contribution >= 0.6 is 0 Å². The molecule has 2 atom stereocenters. The Balaban J connectivity index is 2.62. The third-order valence-corrected chi connectivity index (χ3v) is 3.12. The third-order valence-electron chi connectivity index (χ3n) is 3.12. The molecule has 1 aliphatic rings. The molecule has 1 saturated heterocycles. The summed E-state index contributed by atoms with van der Waals surface area (Å²) >= 11 is 0. The van der Waals surface area contributed by atoms with Gasteiger partial charge in [-0.05, 0) is 26.3 Å². The molecule has 0 spiro atoms. The van der Waals surface area contributed by atoms with E-state index >= 15 is 0 Å². The van der Waals surface area contributed by atoms with Gasteiger partial charge in [-0.15, -0.1) is 0 Å². The van der Waals surface area contributed by atoms with Crippen molar-refractivity contribution in [3.63, 3.8) is 0 Å². The van der Waals surface area contributed by atoms with Crippen LogP contribution in [0.5, 0.6) is 0 Å². The van der Waals surface area contributed by atoms with E-state index in [0.29, 0.717) is 6.54 Å². The number of amides is 1. The van der Waals surface area contributed by atoms with Crippen LogP contribution in [0.15, 0.2) is 0 Å². The second kappa shape index (κ2) is 4.61. The maximum atomic E-state index is 11.9. The monoisotopic (exact) mass is 214 g/mol. The molecule has 0 aliphatic carbocycles. The summed E-state index contributed by atoms with van der Waals surface area (Å²) in [4.78, 5) is 22.5. The molecule has 5 heteroatoms. The molecule has 15 heavy (non-hydrogen) atoms. The zero-order valence-electron chi connectivity index (χ0n) is 9.17.